The van der Waals surface area contributed by atoms with Gasteiger partial charge in [0, 0.05) is 12.5 Å². The van der Waals surface area contributed by atoms with Crippen LogP contribution in [-0.4, -0.2) is 18.4 Å². The van der Waals surface area contributed by atoms with Crippen LogP contribution in [0.25, 0.3) is 0 Å². The average molecular weight is 302 g/mol. The Labute approximate surface area is 130 Å². The van der Waals surface area contributed by atoms with E-state index in [1.165, 1.54) is 6.42 Å². The van der Waals surface area contributed by atoms with Gasteiger partial charge in [-0.15, -0.1) is 0 Å². The first kappa shape index (κ1) is 14.9. The van der Waals surface area contributed by atoms with E-state index in [2.05, 4.69) is 10.6 Å². The summed E-state index contributed by atoms with van der Waals surface area (Å²) < 4.78 is 5.52. The van der Waals surface area contributed by atoms with Gasteiger partial charge in [0.15, 0.2) is 0 Å². The number of hydrogen-bond acceptors (Lipinski definition) is 3. The van der Waals surface area contributed by atoms with Gasteiger partial charge in [-0.25, -0.2) is 0 Å². The van der Waals surface area contributed by atoms with Crippen LogP contribution < -0.4 is 15.4 Å². The van der Waals surface area contributed by atoms with Crippen molar-refractivity contribution in [1.82, 2.24) is 5.32 Å². The molecule has 1 aromatic carbocycles. The van der Waals surface area contributed by atoms with Crippen molar-refractivity contribution >= 4 is 17.5 Å². The second-order valence-electron chi connectivity index (χ2n) is 6.03. The van der Waals surface area contributed by atoms with Crippen LogP contribution in [0.2, 0.25) is 0 Å². The fraction of sp³-hybridized carbons (Fsp3) is 0.529. The molecule has 22 heavy (non-hydrogen) atoms. The molecule has 2 N–H and O–H groups in total. The van der Waals surface area contributed by atoms with Crippen LogP contribution in [0.5, 0.6) is 5.75 Å². The predicted molar refractivity (Wildman–Crippen MR) is 83.6 cm³/mol. The number of anilines is 1. The first-order valence-electron chi connectivity index (χ1n) is 8.05. The van der Waals surface area contributed by atoms with Crippen molar-refractivity contribution in [2.24, 2.45) is 5.92 Å². The molecule has 1 aromatic rings. The van der Waals surface area contributed by atoms with Crippen molar-refractivity contribution in [3.8, 4) is 5.75 Å². The van der Waals surface area contributed by atoms with Crippen molar-refractivity contribution in [1.29, 1.82) is 0 Å². The first-order chi connectivity index (χ1) is 10.7. The highest BCUT2D eigenvalue weighted by molar-refractivity contribution is 5.93. The molecule has 3 rings (SSSR count). The van der Waals surface area contributed by atoms with E-state index >= 15 is 0 Å². The second kappa shape index (κ2) is 6.81. The van der Waals surface area contributed by atoms with E-state index in [1.807, 2.05) is 18.2 Å². The van der Waals surface area contributed by atoms with Crippen LogP contribution in [0.15, 0.2) is 18.2 Å². The van der Waals surface area contributed by atoms with Gasteiger partial charge in [0.1, 0.15) is 5.75 Å². The molecule has 0 spiro atoms. The lowest BCUT2D eigenvalue weighted by molar-refractivity contribution is -0.126. The summed E-state index contributed by atoms with van der Waals surface area (Å²) >= 11 is 0. The van der Waals surface area contributed by atoms with E-state index in [0.29, 0.717) is 31.0 Å². The highest BCUT2D eigenvalue weighted by Crippen LogP contribution is 2.28. The Balaban J connectivity index is 1.61. The van der Waals surface area contributed by atoms with E-state index in [4.69, 9.17) is 4.74 Å². The Morgan fingerprint density at radius 2 is 2.09 bits per heavy atom. The molecule has 0 bridgehead atoms. The SMILES string of the molecule is O=C1CCOc2ccc(CNC(=O)C3CCCCC3)cc2N1. The van der Waals surface area contributed by atoms with Crippen molar-refractivity contribution in [3.05, 3.63) is 23.8 Å². The maximum absolute atomic E-state index is 12.2. The maximum Gasteiger partial charge on any atom is 0.227 e. The molecule has 1 aliphatic carbocycles. The molecule has 1 heterocycles. The van der Waals surface area contributed by atoms with Gasteiger partial charge >= 0.3 is 0 Å². The minimum absolute atomic E-state index is 0.0397. The third kappa shape index (κ3) is 3.59. The lowest BCUT2D eigenvalue weighted by Crippen LogP contribution is -2.31. The van der Waals surface area contributed by atoms with E-state index in [-0.39, 0.29) is 17.7 Å². The fourth-order valence-electron chi connectivity index (χ4n) is 3.08. The molecule has 118 valence electrons. The minimum Gasteiger partial charge on any atom is -0.491 e. The Hall–Kier alpha value is -2.04. The molecule has 0 radical (unpaired) electrons. The summed E-state index contributed by atoms with van der Waals surface area (Å²) in [6, 6.07) is 5.65. The second-order valence-corrected chi connectivity index (χ2v) is 6.03. The monoisotopic (exact) mass is 302 g/mol. The number of ether oxygens (including phenoxy) is 1. The molecule has 0 saturated heterocycles. The first-order valence-corrected chi connectivity index (χ1v) is 8.05. The summed E-state index contributed by atoms with van der Waals surface area (Å²) in [4.78, 5) is 23.7. The smallest absolute Gasteiger partial charge is 0.227 e. The van der Waals surface area contributed by atoms with E-state index in [0.717, 1.165) is 31.2 Å². The number of carbonyl (C=O) groups excluding carboxylic acids is 2. The van der Waals surface area contributed by atoms with Gasteiger partial charge in [0.05, 0.1) is 18.7 Å². The molecule has 0 aromatic heterocycles. The molecule has 5 heteroatoms. The number of amides is 2. The van der Waals surface area contributed by atoms with Gasteiger partial charge < -0.3 is 15.4 Å². The van der Waals surface area contributed by atoms with Crippen molar-refractivity contribution in [2.75, 3.05) is 11.9 Å². The topological polar surface area (TPSA) is 67.4 Å². The average Bonchev–Trinajstić information content (AvgIpc) is 2.73. The van der Waals surface area contributed by atoms with E-state index in [9.17, 15) is 9.59 Å². The fourth-order valence-corrected chi connectivity index (χ4v) is 3.08. The highest BCUT2D eigenvalue weighted by Gasteiger charge is 2.21. The normalized spacial score (nSPS) is 18.6. The molecule has 0 unspecified atom stereocenters. The lowest BCUT2D eigenvalue weighted by atomic mass is 9.88. The van der Waals surface area contributed by atoms with Gasteiger partial charge in [-0.2, -0.15) is 0 Å². The summed E-state index contributed by atoms with van der Waals surface area (Å²) in [6.45, 7) is 0.884. The van der Waals surface area contributed by atoms with Crippen molar-refractivity contribution < 1.29 is 14.3 Å². The molecule has 1 aliphatic heterocycles. The van der Waals surface area contributed by atoms with Gasteiger partial charge in [-0.05, 0) is 30.5 Å². The van der Waals surface area contributed by atoms with Crippen LogP contribution in [0.4, 0.5) is 5.69 Å². The zero-order valence-electron chi connectivity index (χ0n) is 12.7. The van der Waals surface area contributed by atoms with Gasteiger partial charge in [-0.1, -0.05) is 25.3 Å². The summed E-state index contributed by atoms with van der Waals surface area (Å²) in [6.07, 6.45) is 5.91. The molecule has 1 fully saturated rings. The molecular formula is C17H22N2O3. The number of hydrogen-bond donors (Lipinski definition) is 2. The predicted octanol–water partition coefficient (Wildman–Crippen LogP) is 2.60. The lowest BCUT2D eigenvalue weighted by Gasteiger charge is -2.20. The Bertz CT molecular complexity index is 565. The molecular weight excluding hydrogens is 280 g/mol. The highest BCUT2D eigenvalue weighted by atomic mass is 16.5. The number of benzene rings is 1. The zero-order valence-corrected chi connectivity index (χ0v) is 12.7. The molecule has 0 atom stereocenters. The van der Waals surface area contributed by atoms with Crippen LogP contribution in [-0.2, 0) is 16.1 Å². The number of fused-ring (bicyclic) bond motifs is 1. The van der Waals surface area contributed by atoms with Gasteiger partial charge in [-0.3, -0.25) is 9.59 Å². The third-order valence-electron chi connectivity index (χ3n) is 4.35. The number of carbonyl (C=O) groups is 2. The summed E-state index contributed by atoms with van der Waals surface area (Å²) in [5.41, 5.74) is 1.65. The largest absolute Gasteiger partial charge is 0.491 e. The van der Waals surface area contributed by atoms with Crippen LogP contribution in [0.3, 0.4) is 0 Å². The summed E-state index contributed by atoms with van der Waals surface area (Å²) in [7, 11) is 0. The molecule has 2 aliphatic rings. The standard InChI is InChI=1S/C17H22N2O3/c20-16-8-9-22-15-7-6-12(10-14(15)19-16)11-18-17(21)13-4-2-1-3-5-13/h6-7,10,13H,1-5,8-9,11H2,(H,18,21)(H,19,20). The number of rotatable bonds is 3. The maximum atomic E-state index is 12.2. The van der Waals surface area contributed by atoms with Crippen molar-refractivity contribution in [3.63, 3.8) is 0 Å². The molecule has 1 saturated carbocycles. The summed E-state index contributed by atoms with van der Waals surface area (Å²) in [5, 5.41) is 5.85. The van der Waals surface area contributed by atoms with Gasteiger partial charge in [0.2, 0.25) is 11.8 Å². The van der Waals surface area contributed by atoms with E-state index < -0.39 is 0 Å². The van der Waals surface area contributed by atoms with Gasteiger partial charge in [0.25, 0.3) is 0 Å². The van der Waals surface area contributed by atoms with Crippen molar-refractivity contribution in [2.45, 2.75) is 45.1 Å². The Kier molecular flexibility index (Phi) is 4.61. The Morgan fingerprint density at radius 3 is 2.91 bits per heavy atom. The van der Waals surface area contributed by atoms with Crippen LogP contribution >= 0.6 is 0 Å². The zero-order chi connectivity index (χ0) is 15.4. The number of nitrogens with one attached hydrogen (secondary N) is 2. The third-order valence-corrected chi connectivity index (χ3v) is 4.35. The molecule has 2 amide bonds. The van der Waals surface area contributed by atoms with E-state index in [1.54, 1.807) is 0 Å². The Morgan fingerprint density at radius 1 is 1.27 bits per heavy atom. The minimum atomic E-state index is -0.0397. The molecule has 5 nitrogen and oxygen atoms in total. The summed E-state index contributed by atoms with van der Waals surface area (Å²) in [5.74, 6) is 0.961. The van der Waals surface area contributed by atoms with Crippen LogP contribution in [0, 0.1) is 5.92 Å². The quantitative estimate of drug-likeness (QED) is 0.902. The van der Waals surface area contributed by atoms with Crippen LogP contribution in [0.1, 0.15) is 44.1 Å².